The summed E-state index contributed by atoms with van der Waals surface area (Å²) < 4.78 is 0. The van der Waals surface area contributed by atoms with Gasteiger partial charge >= 0.3 is 0 Å². The van der Waals surface area contributed by atoms with Gasteiger partial charge in [-0.1, -0.05) is 162 Å². The van der Waals surface area contributed by atoms with Crippen molar-refractivity contribution < 1.29 is 0 Å². The highest BCUT2D eigenvalue weighted by atomic mass is 14.5. The van der Waals surface area contributed by atoms with Crippen molar-refractivity contribution in [2.45, 2.75) is 175 Å². The molecule has 0 aliphatic carbocycles. The van der Waals surface area contributed by atoms with Crippen LogP contribution < -0.4 is 5.73 Å². The third kappa shape index (κ3) is 22.9. The molecule has 1 heteroatoms. The van der Waals surface area contributed by atoms with E-state index in [-0.39, 0.29) is 0 Å². The van der Waals surface area contributed by atoms with Gasteiger partial charge < -0.3 is 5.73 Å². The van der Waals surface area contributed by atoms with E-state index < -0.39 is 0 Å². The lowest BCUT2D eigenvalue weighted by atomic mass is 9.84. The first-order valence-electron chi connectivity index (χ1n) is 15.0. The van der Waals surface area contributed by atoms with E-state index in [1.54, 1.807) is 0 Å². The molecule has 0 heterocycles. The van der Waals surface area contributed by atoms with Gasteiger partial charge in [0.15, 0.2) is 0 Å². The van der Waals surface area contributed by atoms with Crippen molar-refractivity contribution in [3.05, 3.63) is 0 Å². The van der Waals surface area contributed by atoms with Crippen molar-refractivity contribution in [2.24, 2.45) is 17.6 Å². The fourth-order valence-electron chi connectivity index (χ4n) is 5.18. The summed E-state index contributed by atoms with van der Waals surface area (Å²) in [5, 5.41) is 0. The first kappa shape index (κ1) is 31.0. The van der Waals surface area contributed by atoms with Gasteiger partial charge in [0, 0.05) is 0 Å². The SMILES string of the molecule is CCCCCCCCCCC(CCCCCCCC)CC(CN)CCCCCCCC. The second-order valence-electron chi connectivity index (χ2n) is 10.6. The summed E-state index contributed by atoms with van der Waals surface area (Å²) in [6.45, 7) is 7.85. The van der Waals surface area contributed by atoms with Crippen LogP contribution in [0, 0.1) is 11.8 Å². The Morgan fingerprint density at radius 3 is 1.00 bits per heavy atom. The molecule has 0 bridgehead atoms. The number of unbranched alkanes of at least 4 members (excludes halogenated alkanes) is 17. The van der Waals surface area contributed by atoms with Crippen LogP contribution in [0.2, 0.25) is 0 Å². The molecule has 0 radical (unpaired) electrons. The summed E-state index contributed by atoms with van der Waals surface area (Å²) in [5.74, 6) is 1.73. The molecule has 0 aliphatic rings. The van der Waals surface area contributed by atoms with Crippen LogP contribution >= 0.6 is 0 Å². The van der Waals surface area contributed by atoms with Crippen LogP contribution in [0.4, 0.5) is 0 Å². The quantitative estimate of drug-likeness (QED) is 0.134. The van der Waals surface area contributed by atoms with Crippen LogP contribution in [-0.4, -0.2) is 6.54 Å². The number of nitrogens with two attached hydrogens (primary N) is 1. The predicted molar refractivity (Wildman–Crippen MR) is 144 cm³/mol. The van der Waals surface area contributed by atoms with Crippen LogP contribution in [-0.2, 0) is 0 Å². The second-order valence-corrected chi connectivity index (χ2v) is 10.6. The highest BCUT2D eigenvalue weighted by Gasteiger charge is 2.15. The maximum Gasteiger partial charge on any atom is -0.00488 e. The Balaban J connectivity index is 4.14. The summed E-state index contributed by atoms with van der Waals surface area (Å²) in [6, 6.07) is 0. The minimum absolute atomic E-state index is 0.783. The van der Waals surface area contributed by atoms with E-state index in [4.69, 9.17) is 5.73 Å². The Hall–Kier alpha value is -0.0400. The van der Waals surface area contributed by atoms with Crippen molar-refractivity contribution >= 4 is 0 Å². The Morgan fingerprint density at radius 2 is 0.677 bits per heavy atom. The lowest BCUT2D eigenvalue weighted by Gasteiger charge is -2.23. The molecule has 0 aromatic carbocycles. The number of rotatable bonds is 26. The molecule has 0 amide bonds. The van der Waals surface area contributed by atoms with E-state index in [0.717, 1.165) is 18.4 Å². The highest BCUT2D eigenvalue weighted by Crippen LogP contribution is 2.27. The van der Waals surface area contributed by atoms with Crippen LogP contribution in [0.5, 0.6) is 0 Å². The molecule has 2 unspecified atom stereocenters. The summed E-state index contributed by atoms with van der Waals surface area (Å²) in [6.07, 6.45) is 34.4. The molecular weight excluding hydrogens is 374 g/mol. The molecular formula is C30H63N. The Labute approximate surface area is 199 Å². The zero-order valence-corrected chi connectivity index (χ0v) is 22.4. The maximum absolute atomic E-state index is 6.23. The van der Waals surface area contributed by atoms with Crippen molar-refractivity contribution in [2.75, 3.05) is 6.54 Å². The van der Waals surface area contributed by atoms with Crippen molar-refractivity contribution in [1.82, 2.24) is 0 Å². The molecule has 0 aromatic rings. The first-order valence-corrected chi connectivity index (χ1v) is 15.0. The van der Waals surface area contributed by atoms with Gasteiger partial charge in [-0.15, -0.1) is 0 Å². The zero-order chi connectivity index (χ0) is 22.8. The highest BCUT2D eigenvalue weighted by molar-refractivity contribution is 4.69. The molecule has 0 aliphatic heterocycles. The average molecular weight is 438 g/mol. The van der Waals surface area contributed by atoms with E-state index in [1.165, 1.54) is 154 Å². The molecule has 188 valence electrons. The lowest BCUT2D eigenvalue weighted by Crippen LogP contribution is -2.18. The molecule has 2 N–H and O–H groups in total. The molecule has 0 rings (SSSR count). The number of hydrogen-bond acceptors (Lipinski definition) is 1. The molecule has 1 nitrogen and oxygen atoms in total. The van der Waals surface area contributed by atoms with Crippen molar-refractivity contribution in [3.8, 4) is 0 Å². The Kier molecular flexibility index (Phi) is 26.2. The smallest absolute Gasteiger partial charge is 0.00488 e. The third-order valence-electron chi connectivity index (χ3n) is 7.40. The maximum atomic E-state index is 6.23. The molecule has 0 saturated carbocycles. The van der Waals surface area contributed by atoms with Gasteiger partial charge in [-0.3, -0.25) is 0 Å². The van der Waals surface area contributed by atoms with E-state index >= 15 is 0 Å². The van der Waals surface area contributed by atoms with Crippen LogP contribution in [0.15, 0.2) is 0 Å². The van der Waals surface area contributed by atoms with E-state index in [9.17, 15) is 0 Å². The fourth-order valence-corrected chi connectivity index (χ4v) is 5.18. The Morgan fingerprint density at radius 1 is 0.387 bits per heavy atom. The van der Waals surface area contributed by atoms with E-state index in [1.807, 2.05) is 0 Å². The monoisotopic (exact) mass is 437 g/mol. The minimum atomic E-state index is 0.783. The van der Waals surface area contributed by atoms with Gasteiger partial charge in [-0.2, -0.15) is 0 Å². The molecule has 0 spiro atoms. The molecule has 31 heavy (non-hydrogen) atoms. The second kappa shape index (κ2) is 26.2. The summed E-state index contributed by atoms with van der Waals surface area (Å²) in [5.41, 5.74) is 6.23. The van der Waals surface area contributed by atoms with Gasteiger partial charge in [0.25, 0.3) is 0 Å². The van der Waals surface area contributed by atoms with Gasteiger partial charge in [0.2, 0.25) is 0 Å². The minimum Gasteiger partial charge on any atom is -0.330 e. The van der Waals surface area contributed by atoms with Crippen LogP contribution in [0.1, 0.15) is 175 Å². The third-order valence-corrected chi connectivity index (χ3v) is 7.40. The zero-order valence-electron chi connectivity index (χ0n) is 22.4. The fraction of sp³-hybridized carbons (Fsp3) is 1.00. The van der Waals surface area contributed by atoms with Gasteiger partial charge in [0.1, 0.15) is 0 Å². The van der Waals surface area contributed by atoms with Crippen molar-refractivity contribution in [3.63, 3.8) is 0 Å². The summed E-state index contributed by atoms with van der Waals surface area (Å²) in [7, 11) is 0. The Bertz CT molecular complexity index is 314. The average Bonchev–Trinajstić information content (AvgIpc) is 2.78. The van der Waals surface area contributed by atoms with Gasteiger partial charge in [0.05, 0.1) is 0 Å². The summed E-state index contributed by atoms with van der Waals surface area (Å²) in [4.78, 5) is 0. The number of hydrogen-bond donors (Lipinski definition) is 1. The first-order chi connectivity index (χ1) is 15.3. The summed E-state index contributed by atoms with van der Waals surface area (Å²) >= 11 is 0. The topological polar surface area (TPSA) is 26.0 Å². The van der Waals surface area contributed by atoms with Crippen LogP contribution in [0.25, 0.3) is 0 Å². The van der Waals surface area contributed by atoms with E-state index in [0.29, 0.717) is 0 Å². The standard InChI is InChI=1S/C30H63N/c1-4-7-10-13-16-17-20-22-25-29(24-21-18-14-11-8-5-2)27-30(28-31)26-23-19-15-12-9-6-3/h29-30H,4-28,31H2,1-3H3. The van der Waals surface area contributed by atoms with Crippen LogP contribution in [0.3, 0.4) is 0 Å². The lowest BCUT2D eigenvalue weighted by molar-refractivity contribution is 0.303. The molecule has 0 aromatic heterocycles. The van der Waals surface area contributed by atoms with Gasteiger partial charge in [-0.25, -0.2) is 0 Å². The van der Waals surface area contributed by atoms with Gasteiger partial charge in [-0.05, 0) is 31.2 Å². The largest absolute Gasteiger partial charge is 0.330 e. The van der Waals surface area contributed by atoms with E-state index in [2.05, 4.69) is 20.8 Å². The van der Waals surface area contributed by atoms with Crippen molar-refractivity contribution in [1.29, 1.82) is 0 Å². The molecule has 0 saturated heterocycles. The molecule has 2 atom stereocenters. The molecule has 0 fully saturated rings. The predicted octanol–water partition coefficient (Wildman–Crippen LogP) is 10.6. The normalized spacial score (nSPS) is 13.5.